The molecule has 1 rings (SSSR count). The number of hydrogen-bond acceptors (Lipinski definition) is 2. The molecule has 3 nitrogen and oxygen atoms in total. The number of nitrogens with two attached hydrogens (primary N) is 1. The first-order valence-electron chi connectivity index (χ1n) is 2.93. The van der Waals surface area contributed by atoms with E-state index in [-0.39, 0.29) is 0 Å². The van der Waals surface area contributed by atoms with Crippen LogP contribution >= 0.6 is 12.2 Å². The Morgan fingerprint density at radius 3 is 3.00 bits per heavy atom. The number of nitrogens with zero attached hydrogens (tertiary/aromatic N) is 2. The SMILES string of the molecule is Cn1cncc1CC(N)=S. The predicted molar refractivity (Wildman–Crippen MR) is 43.7 cm³/mol. The van der Waals surface area contributed by atoms with Gasteiger partial charge in [0.25, 0.3) is 0 Å². The average Bonchev–Trinajstić information content (AvgIpc) is 2.15. The number of hydrogen-bond donors (Lipinski definition) is 1. The highest BCUT2D eigenvalue weighted by Crippen LogP contribution is 1.96. The van der Waals surface area contributed by atoms with E-state index in [4.69, 9.17) is 18.0 Å². The molecule has 0 spiro atoms. The highest BCUT2D eigenvalue weighted by Gasteiger charge is 1.97. The van der Waals surface area contributed by atoms with E-state index in [9.17, 15) is 0 Å². The van der Waals surface area contributed by atoms with Gasteiger partial charge in [-0.15, -0.1) is 0 Å². The molecule has 0 aliphatic carbocycles. The Morgan fingerprint density at radius 1 is 1.90 bits per heavy atom. The third-order valence-corrected chi connectivity index (χ3v) is 1.42. The van der Waals surface area contributed by atoms with Crippen LogP contribution in [0.2, 0.25) is 0 Å². The van der Waals surface area contributed by atoms with Gasteiger partial charge < -0.3 is 10.3 Å². The zero-order valence-electron chi connectivity index (χ0n) is 5.74. The van der Waals surface area contributed by atoms with Gasteiger partial charge in [-0.1, -0.05) is 12.2 Å². The second kappa shape index (κ2) is 2.79. The first-order valence-corrected chi connectivity index (χ1v) is 3.34. The number of aromatic nitrogens is 2. The smallest absolute Gasteiger partial charge is 0.0945 e. The van der Waals surface area contributed by atoms with Crippen LogP contribution in [-0.2, 0) is 13.5 Å². The quantitative estimate of drug-likeness (QED) is 0.622. The van der Waals surface area contributed by atoms with Crippen LogP contribution in [0.3, 0.4) is 0 Å². The zero-order valence-corrected chi connectivity index (χ0v) is 6.56. The van der Waals surface area contributed by atoms with Gasteiger partial charge >= 0.3 is 0 Å². The molecule has 1 aromatic heterocycles. The number of thiocarbonyl (C=S) groups is 1. The lowest BCUT2D eigenvalue weighted by Gasteiger charge is -1.97. The Morgan fingerprint density at radius 2 is 2.60 bits per heavy atom. The van der Waals surface area contributed by atoms with Crippen LogP contribution < -0.4 is 5.73 Å². The molecule has 0 radical (unpaired) electrons. The predicted octanol–water partition coefficient (Wildman–Crippen LogP) is 0.249. The van der Waals surface area contributed by atoms with E-state index in [0.717, 1.165) is 5.69 Å². The van der Waals surface area contributed by atoms with Crippen LogP contribution in [0.4, 0.5) is 0 Å². The molecule has 0 saturated carbocycles. The number of rotatable bonds is 2. The minimum absolute atomic E-state index is 0.503. The molecule has 0 aliphatic rings. The average molecular weight is 155 g/mol. The molecule has 54 valence electrons. The summed E-state index contributed by atoms with van der Waals surface area (Å²) in [4.78, 5) is 4.43. The summed E-state index contributed by atoms with van der Waals surface area (Å²) in [6.45, 7) is 0. The van der Waals surface area contributed by atoms with Crippen molar-refractivity contribution in [1.82, 2.24) is 9.55 Å². The first kappa shape index (κ1) is 7.21. The van der Waals surface area contributed by atoms with E-state index in [1.807, 2.05) is 11.6 Å². The maximum Gasteiger partial charge on any atom is 0.0945 e. The van der Waals surface area contributed by atoms with Crippen LogP contribution in [0, 0.1) is 0 Å². The third kappa shape index (κ3) is 1.54. The molecule has 10 heavy (non-hydrogen) atoms. The summed E-state index contributed by atoms with van der Waals surface area (Å²) >= 11 is 4.74. The molecule has 0 saturated heterocycles. The summed E-state index contributed by atoms with van der Waals surface area (Å²) in [5.74, 6) is 0. The minimum atomic E-state index is 0.503. The van der Waals surface area contributed by atoms with Crippen molar-refractivity contribution >= 4 is 17.2 Å². The van der Waals surface area contributed by atoms with Crippen molar-refractivity contribution in [3.63, 3.8) is 0 Å². The van der Waals surface area contributed by atoms with Crippen molar-refractivity contribution in [3.8, 4) is 0 Å². The highest BCUT2D eigenvalue weighted by atomic mass is 32.1. The monoisotopic (exact) mass is 155 g/mol. The molecule has 0 unspecified atom stereocenters. The molecule has 1 aromatic rings. The molecule has 0 aliphatic heterocycles. The van der Waals surface area contributed by atoms with Crippen molar-refractivity contribution in [1.29, 1.82) is 0 Å². The van der Waals surface area contributed by atoms with E-state index in [2.05, 4.69) is 4.98 Å². The largest absolute Gasteiger partial charge is 0.393 e. The summed E-state index contributed by atoms with van der Waals surface area (Å²) in [6.07, 6.45) is 4.12. The lowest BCUT2D eigenvalue weighted by atomic mass is 10.3. The van der Waals surface area contributed by atoms with E-state index in [1.54, 1.807) is 12.5 Å². The summed E-state index contributed by atoms with van der Waals surface area (Å²) in [5, 5.41) is 0. The van der Waals surface area contributed by atoms with Gasteiger partial charge in [0, 0.05) is 25.4 Å². The molecule has 2 N–H and O–H groups in total. The molecule has 0 fully saturated rings. The Balaban J connectivity index is 2.74. The summed E-state index contributed by atoms with van der Waals surface area (Å²) in [7, 11) is 1.92. The van der Waals surface area contributed by atoms with E-state index >= 15 is 0 Å². The van der Waals surface area contributed by atoms with Crippen molar-refractivity contribution in [2.75, 3.05) is 0 Å². The lowest BCUT2D eigenvalue weighted by molar-refractivity contribution is 0.860. The second-order valence-corrected chi connectivity index (χ2v) is 2.66. The van der Waals surface area contributed by atoms with Gasteiger partial charge in [-0.2, -0.15) is 0 Å². The van der Waals surface area contributed by atoms with Crippen LogP contribution in [0.25, 0.3) is 0 Å². The molecule has 1 heterocycles. The van der Waals surface area contributed by atoms with Crippen molar-refractivity contribution in [3.05, 3.63) is 18.2 Å². The van der Waals surface area contributed by atoms with Gasteiger partial charge in [-0.05, 0) is 0 Å². The van der Waals surface area contributed by atoms with Crippen LogP contribution in [0.1, 0.15) is 5.69 Å². The van der Waals surface area contributed by atoms with Gasteiger partial charge in [0.05, 0.1) is 11.3 Å². The van der Waals surface area contributed by atoms with Crippen LogP contribution in [-0.4, -0.2) is 14.5 Å². The van der Waals surface area contributed by atoms with Gasteiger partial charge in [0.2, 0.25) is 0 Å². The van der Waals surface area contributed by atoms with Crippen molar-refractivity contribution in [2.45, 2.75) is 6.42 Å². The van der Waals surface area contributed by atoms with Crippen molar-refractivity contribution in [2.24, 2.45) is 12.8 Å². The second-order valence-electron chi connectivity index (χ2n) is 2.14. The van der Waals surface area contributed by atoms with Gasteiger partial charge in [-0.25, -0.2) is 4.98 Å². The number of imidazole rings is 1. The molecule has 0 amide bonds. The molecule has 0 aromatic carbocycles. The van der Waals surface area contributed by atoms with Crippen LogP contribution in [0.5, 0.6) is 0 Å². The number of aryl methyl sites for hydroxylation is 1. The van der Waals surface area contributed by atoms with Gasteiger partial charge in [-0.3, -0.25) is 0 Å². The standard InChI is InChI=1S/C6H9N3S/c1-9-4-8-3-5(9)2-6(7)10/h3-4H,2H2,1H3,(H2,7,10). The topological polar surface area (TPSA) is 43.8 Å². The maximum atomic E-state index is 5.34. The molecular weight excluding hydrogens is 146 g/mol. The Hall–Kier alpha value is -0.900. The Bertz CT molecular complexity index is 241. The Labute approximate surface area is 64.9 Å². The fraction of sp³-hybridized carbons (Fsp3) is 0.333. The minimum Gasteiger partial charge on any atom is -0.393 e. The summed E-state index contributed by atoms with van der Waals surface area (Å²) in [5.41, 5.74) is 6.39. The summed E-state index contributed by atoms with van der Waals surface area (Å²) in [6, 6.07) is 0. The highest BCUT2D eigenvalue weighted by molar-refractivity contribution is 7.80. The fourth-order valence-electron chi connectivity index (χ4n) is 0.733. The Kier molecular flexibility index (Phi) is 2.01. The van der Waals surface area contributed by atoms with Crippen LogP contribution in [0.15, 0.2) is 12.5 Å². The van der Waals surface area contributed by atoms with E-state index < -0.39 is 0 Å². The summed E-state index contributed by atoms with van der Waals surface area (Å²) < 4.78 is 1.90. The zero-order chi connectivity index (χ0) is 7.56. The maximum absolute atomic E-state index is 5.34. The molecule has 4 heteroatoms. The third-order valence-electron chi connectivity index (χ3n) is 1.27. The van der Waals surface area contributed by atoms with E-state index in [0.29, 0.717) is 11.4 Å². The van der Waals surface area contributed by atoms with Gasteiger partial charge in [0.15, 0.2) is 0 Å². The normalized spacial score (nSPS) is 9.70. The molecular formula is C6H9N3S. The lowest BCUT2D eigenvalue weighted by Crippen LogP contribution is -2.13. The molecule has 0 bridgehead atoms. The van der Waals surface area contributed by atoms with Crippen molar-refractivity contribution < 1.29 is 0 Å². The first-order chi connectivity index (χ1) is 4.70. The van der Waals surface area contributed by atoms with Gasteiger partial charge in [0.1, 0.15) is 0 Å². The molecule has 0 atom stereocenters. The fourth-order valence-corrected chi connectivity index (χ4v) is 0.881. The van der Waals surface area contributed by atoms with E-state index in [1.165, 1.54) is 0 Å².